The van der Waals surface area contributed by atoms with E-state index in [0.29, 0.717) is 16.8 Å². The van der Waals surface area contributed by atoms with Gasteiger partial charge in [-0.1, -0.05) is 12.1 Å². The molecule has 1 saturated heterocycles. The molecule has 34 heavy (non-hydrogen) atoms. The van der Waals surface area contributed by atoms with Gasteiger partial charge in [0.1, 0.15) is 6.04 Å². The minimum atomic E-state index is -4.38. The number of halogens is 3. The molecule has 178 valence electrons. The molecule has 1 unspecified atom stereocenters. The highest BCUT2D eigenvalue weighted by Gasteiger charge is 2.39. The summed E-state index contributed by atoms with van der Waals surface area (Å²) in [7, 11) is 0. The van der Waals surface area contributed by atoms with Crippen LogP contribution in [0.1, 0.15) is 34.3 Å². The average Bonchev–Trinajstić information content (AvgIpc) is 3.08. The van der Waals surface area contributed by atoms with Crippen LogP contribution in [0.15, 0.2) is 47.4 Å². The first-order valence-corrected chi connectivity index (χ1v) is 11.1. The molecule has 1 fully saturated rings. The van der Waals surface area contributed by atoms with E-state index >= 15 is 0 Å². The third-order valence-corrected chi connectivity index (χ3v) is 6.13. The summed E-state index contributed by atoms with van der Waals surface area (Å²) in [4.78, 5) is 49.8. The lowest BCUT2D eigenvalue weighted by atomic mass is 10.0. The van der Waals surface area contributed by atoms with Crippen LogP contribution in [0.4, 0.5) is 23.7 Å². The first-order valence-electron chi connectivity index (χ1n) is 10.3. The van der Waals surface area contributed by atoms with Gasteiger partial charge in [-0.2, -0.15) is 13.2 Å². The number of thioether (sulfide) groups is 1. The summed E-state index contributed by atoms with van der Waals surface area (Å²) in [6, 6.07) is 9.12. The van der Waals surface area contributed by atoms with E-state index in [-0.39, 0.29) is 54.4 Å². The number of urea groups is 1. The zero-order chi connectivity index (χ0) is 24.5. The van der Waals surface area contributed by atoms with Crippen molar-refractivity contribution in [2.24, 2.45) is 0 Å². The molecule has 0 saturated carbocycles. The maximum absolute atomic E-state index is 12.7. The van der Waals surface area contributed by atoms with Crippen LogP contribution in [0.5, 0.6) is 0 Å². The Labute approximate surface area is 196 Å². The third kappa shape index (κ3) is 5.50. The Hall–Kier alpha value is -3.54. The van der Waals surface area contributed by atoms with Gasteiger partial charge in [-0.15, -0.1) is 0 Å². The Morgan fingerprint density at radius 3 is 2.53 bits per heavy atom. The van der Waals surface area contributed by atoms with Crippen molar-refractivity contribution < 1.29 is 32.3 Å². The first kappa shape index (κ1) is 23.6. The maximum atomic E-state index is 12.7. The number of anilines is 1. The number of nitrogens with zero attached hydrogens (tertiary/aromatic N) is 1. The number of imide groups is 1. The monoisotopic (exact) mass is 492 g/mol. The Balaban J connectivity index is 1.32. The molecule has 8 nitrogen and oxygen atoms in total. The lowest BCUT2D eigenvalue weighted by molar-refractivity contribution is -0.136. The SMILES string of the molecule is O=C1CCC(N2Cc3cc(CNC(=O)Nc4ccc(SC(F)(F)F)cc4)ccc3C2=O)C(=O)N1. The fourth-order valence-electron chi connectivity index (χ4n) is 3.84. The van der Waals surface area contributed by atoms with Gasteiger partial charge < -0.3 is 15.5 Å². The normalized spacial score (nSPS) is 17.9. The largest absolute Gasteiger partial charge is 0.446 e. The lowest BCUT2D eigenvalue weighted by Gasteiger charge is -2.29. The van der Waals surface area contributed by atoms with Gasteiger partial charge in [0.15, 0.2) is 0 Å². The molecule has 1 atom stereocenters. The molecule has 2 heterocycles. The summed E-state index contributed by atoms with van der Waals surface area (Å²) in [5.41, 5.74) is -2.14. The molecule has 3 N–H and O–H groups in total. The summed E-state index contributed by atoms with van der Waals surface area (Å²) >= 11 is -0.238. The highest BCUT2D eigenvalue weighted by molar-refractivity contribution is 8.00. The van der Waals surface area contributed by atoms with E-state index in [0.717, 1.165) is 5.56 Å². The van der Waals surface area contributed by atoms with Crippen LogP contribution in [0.2, 0.25) is 0 Å². The predicted octanol–water partition coefficient (Wildman–Crippen LogP) is 3.38. The topological polar surface area (TPSA) is 108 Å². The Kier molecular flexibility index (Phi) is 6.51. The number of hydrogen-bond acceptors (Lipinski definition) is 5. The number of nitrogens with one attached hydrogen (secondary N) is 3. The molecule has 0 aromatic heterocycles. The number of rotatable bonds is 5. The number of hydrogen-bond donors (Lipinski definition) is 3. The molecule has 2 aromatic carbocycles. The molecule has 2 aromatic rings. The molecule has 0 aliphatic carbocycles. The van der Waals surface area contributed by atoms with E-state index in [1.54, 1.807) is 18.2 Å². The van der Waals surface area contributed by atoms with Crippen molar-refractivity contribution >= 4 is 41.2 Å². The van der Waals surface area contributed by atoms with Crippen LogP contribution in [-0.2, 0) is 22.7 Å². The fraction of sp³-hybridized carbons (Fsp3) is 0.273. The smallest absolute Gasteiger partial charge is 0.334 e. The minimum Gasteiger partial charge on any atom is -0.334 e. The van der Waals surface area contributed by atoms with Gasteiger partial charge in [-0.25, -0.2) is 4.79 Å². The molecule has 2 aliphatic heterocycles. The molecular formula is C22H19F3N4O4S. The highest BCUT2D eigenvalue weighted by atomic mass is 32.2. The number of benzene rings is 2. The summed E-state index contributed by atoms with van der Waals surface area (Å²) in [5, 5.41) is 7.45. The lowest BCUT2D eigenvalue weighted by Crippen LogP contribution is -2.52. The molecule has 0 radical (unpaired) electrons. The zero-order valence-corrected chi connectivity index (χ0v) is 18.4. The molecule has 0 bridgehead atoms. The molecule has 5 amide bonds. The first-order chi connectivity index (χ1) is 16.1. The Morgan fingerprint density at radius 2 is 1.85 bits per heavy atom. The van der Waals surface area contributed by atoms with Gasteiger partial charge in [-0.3, -0.25) is 19.7 Å². The van der Waals surface area contributed by atoms with Crippen molar-refractivity contribution in [1.29, 1.82) is 0 Å². The third-order valence-electron chi connectivity index (χ3n) is 5.39. The van der Waals surface area contributed by atoms with E-state index in [1.165, 1.54) is 29.2 Å². The summed E-state index contributed by atoms with van der Waals surface area (Å²) in [6.45, 7) is 0.372. The number of fused-ring (bicyclic) bond motifs is 1. The highest BCUT2D eigenvalue weighted by Crippen LogP contribution is 2.37. The summed E-state index contributed by atoms with van der Waals surface area (Å²) < 4.78 is 37.2. The van der Waals surface area contributed by atoms with Crippen molar-refractivity contribution in [3.05, 3.63) is 59.2 Å². The van der Waals surface area contributed by atoms with Crippen LogP contribution in [0.3, 0.4) is 0 Å². The van der Waals surface area contributed by atoms with Crippen molar-refractivity contribution in [2.45, 2.75) is 42.4 Å². The van der Waals surface area contributed by atoms with Crippen LogP contribution < -0.4 is 16.0 Å². The summed E-state index contributed by atoms with van der Waals surface area (Å²) in [5.74, 6) is -1.12. The predicted molar refractivity (Wildman–Crippen MR) is 117 cm³/mol. The van der Waals surface area contributed by atoms with Crippen LogP contribution >= 0.6 is 11.8 Å². The zero-order valence-electron chi connectivity index (χ0n) is 17.6. The van der Waals surface area contributed by atoms with Crippen molar-refractivity contribution in [1.82, 2.24) is 15.5 Å². The molecule has 2 aliphatic rings. The fourth-order valence-corrected chi connectivity index (χ4v) is 4.37. The van der Waals surface area contributed by atoms with Crippen LogP contribution in [0, 0.1) is 0 Å². The Bertz CT molecular complexity index is 1150. The van der Waals surface area contributed by atoms with Crippen molar-refractivity contribution in [3.63, 3.8) is 0 Å². The van der Waals surface area contributed by atoms with Gasteiger partial charge in [0, 0.05) is 35.7 Å². The number of piperidine rings is 1. The van der Waals surface area contributed by atoms with Gasteiger partial charge in [-0.05, 0) is 59.6 Å². The number of alkyl halides is 3. The van der Waals surface area contributed by atoms with Gasteiger partial charge in [0.25, 0.3) is 5.91 Å². The van der Waals surface area contributed by atoms with Gasteiger partial charge >= 0.3 is 11.5 Å². The number of carbonyl (C=O) groups excluding carboxylic acids is 4. The molecule has 4 rings (SSSR count). The van der Waals surface area contributed by atoms with Crippen molar-refractivity contribution in [2.75, 3.05) is 5.32 Å². The molecule has 12 heteroatoms. The van der Waals surface area contributed by atoms with E-state index in [1.807, 2.05) is 0 Å². The second-order valence-corrected chi connectivity index (χ2v) is 8.91. The van der Waals surface area contributed by atoms with Crippen LogP contribution in [-0.4, -0.2) is 40.2 Å². The number of carbonyl (C=O) groups is 4. The van der Waals surface area contributed by atoms with Gasteiger partial charge in [0.05, 0.1) is 0 Å². The van der Waals surface area contributed by atoms with Crippen LogP contribution in [0.25, 0.3) is 0 Å². The van der Waals surface area contributed by atoms with Crippen molar-refractivity contribution in [3.8, 4) is 0 Å². The maximum Gasteiger partial charge on any atom is 0.446 e. The molecule has 0 spiro atoms. The second-order valence-electron chi connectivity index (χ2n) is 7.77. The number of amides is 5. The van der Waals surface area contributed by atoms with E-state index in [2.05, 4.69) is 16.0 Å². The quantitative estimate of drug-likeness (QED) is 0.438. The summed E-state index contributed by atoms with van der Waals surface area (Å²) in [6.07, 6.45) is 0.444. The van der Waals surface area contributed by atoms with E-state index in [4.69, 9.17) is 0 Å². The molecular weight excluding hydrogens is 473 g/mol. The standard InChI is InChI=1S/C22H19F3N4O4S/c23-22(24,25)34-15-4-2-14(3-5-15)27-21(33)26-10-12-1-6-16-13(9-12)11-29(20(16)32)17-7-8-18(30)28-19(17)31/h1-6,9,17H,7-8,10-11H2,(H2,26,27,33)(H,28,30,31). The van der Waals surface area contributed by atoms with Gasteiger partial charge in [0.2, 0.25) is 11.8 Å². The van der Waals surface area contributed by atoms with E-state index in [9.17, 15) is 32.3 Å². The second kappa shape index (κ2) is 9.37. The average molecular weight is 492 g/mol. The Morgan fingerprint density at radius 1 is 1.12 bits per heavy atom. The van der Waals surface area contributed by atoms with E-state index < -0.39 is 23.5 Å². The minimum absolute atomic E-state index is 0.0116.